The van der Waals surface area contributed by atoms with Crippen molar-refractivity contribution in [2.75, 3.05) is 50.1 Å². The van der Waals surface area contributed by atoms with E-state index in [-0.39, 0.29) is 24.5 Å². The fraction of sp³-hybridized carbons (Fsp3) is 0.455. The van der Waals surface area contributed by atoms with Gasteiger partial charge in [-0.05, 0) is 63.4 Å². The van der Waals surface area contributed by atoms with Crippen molar-refractivity contribution < 1.29 is 9.53 Å². The smallest absolute Gasteiger partial charge is 0.319 e. The fourth-order valence-electron chi connectivity index (χ4n) is 6.73. The van der Waals surface area contributed by atoms with E-state index >= 15 is 0 Å². The number of anilines is 2. The molecule has 0 bridgehead atoms. The summed E-state index contributed by atoms with van der Waals surface area (Å²) in [5, 5.41) is 12.0. The number of aromatic nitrogens is 2. The van der Waals surface area contributed by atoms with Crippen molar-refractivity contribution in [3.8, 4) is 12.1 Å². The molecule has 0 spiro atoms. The van der Waals surface area contributed by atoms with Gasteiger partial charge in [0.1, 0.15) is 11.9 Å². The predicted octanol–water partition coefficient (Wildman–Crippen LogP) is 4.09. The van der Waals surface area contributed by atoms with Crippen LogP contribution in [0.2, 0.25) is 0 Å². The molecule has 1 amide bonds. The van der Waals surface area contributed by atoms with Crippen LogP contribution in [0.25, 0.3) is 10.8 Å². The van der Waals surface area contributed by atoms with Crippen molar-refractivity contribution in [3.63, 3.8) is 0 Å². The lowest BCUT2D eigenvalue weighted by molar-refractivity contribution is -0.128. The number of nitrogens with zero attached hydrogens (tertiary/aromatic N) is 7. The molecule has 9 heteroatoms. The highest BCUT2D eigenvalue weighted by Gasteiger charge is 2.37. The van der Waals surface area contributed by atoms with Crippen molar-refractivity contribution in [2.45, 2.75) is 57.3 Å². The van der Waals surface area contributed by atoms with Crippen molar-refractivity contribution >= 4 is 28.2 Å². The molecule has 2 aliphatic heterocycles. The third-order valence-corrected chi connectivity index (χ3v) is 9.12. The van der Waals surface area contributed by atoms with E-state index in [0.29, 0.717) is 38.2 Å². The molecule has 6 rings (SSSR count). The van der Waals surface area contributed by atoms with Gasteiger partial charge < -0.3 is 24.3 Å². The second-order valence-corrected chi connectivity index (χ2v) is 11.8. The third-order valence-electron chi connectivity index (χ3n) is 9.12. The molecule has 1 saturated carbocycles. The molecule has 2 aromatic carbocycles. The number of hydrogen-bond donors (Lipinski definition) is 0. The number of benzene rings is 2. The van der Waals surface area contributed by atoms with Crippen molar-refractivity contribution in [2.24, 2.45) is 0 Å². The molecule has 1 aromatic heterocycles. The van der Waals surface area contributed by atoms with E-state index in [1.165, 1.54) is 28.1 Å². The molecule has 3 aliphatic rings. The van der Waals surface area contributed by atoms with Gasteiger partial charge in [-0.3, -0.25) is 4.79 Å². The quantitative estimate of drug-likeness (QED) is 0.396. The maximum atomic E-state index is 12.5. The Morgan fingerprint density at radius 3 is 2.67 bits per heavy atom. The first kappa shape index (κ1) is 28.0. The van der Waals surface area contributed by atoms with E-state index in [1.54, 1.807) is 4.90 Å². The molecule has 1 aliphatic carbocycles. The molecule has 0 unspecified atom stereocenters. The zero-order valence-corrected chi connectivity index (χ0v) is 24.8. The number of carbonyl (C=O) groups excluding carboxylic acids is 1. The average Bonchev–Trinajstić information content (AvgIpc) is 2.98. The second kappa shape index (κ2) is 11.6. The minimum atomic E-state index is -0.229. The first-order valence-corrected chi connectivity index (χ1v) is 14.9. The van der Waals surface area contributed by atoms with Gasteiger partial charge in [0.05, 0.1) is 30.8 Å². The second-order valence-electron chi connectivity index (χ2n) is 11.8. The van der Waals surface area contributed by atoms with E-state index in [2.05, 4.69) is 84.8 Å². The molecule has 2 fully saturated rings. The molecular formula is C33H39N7O2. The minimum absolute atomic E-state index is 0.0553. The lowest BCUT2D eigenvalue weighted by atomic mass is 9.88. The Kier molecular flexibility index (Phi) is 7.74. The largest absolute Gasteiger partial charge is 0.458 e. The van der Waals surface area contributed by atoms with Crippen molar-refractivity contribution in [1.29, 1.82) is 5.26 Å². The van der Waals surface area contributed by atoms with Crippen molar-refractivity contribution in [1.82, 2.24) is 19.8 Å². The molecule has 218 valence electrons. The molecule has 1 saturated heterocycles. The topological polar surface area (TPSA) is 88.8 Å². The monoisotopic (exact) mass is 565 g/mol. The predicted molar refractivity (Wildman–Crippen MR) is 165 cm³/mol. The van der Waals surface area contributed by atoms with Crippen LogP contribution in [0.4, 0.5) is 11.5 Å². The van der Waals surface area contributed by atoms with Gasteiger partial charge in [-0.1, -0.05) is 36.9 Å². The average molecular weight is 566 g/mol. The van der Waals surface area contributed by atoms with Crippen LogP contribution >= 0.6 is 0 Å². The standard InChI is InChI=1S/C33H39N7O2/c1-5-30(41)40-19-18-39(20-24(40)14-16-34)32-25-15-17-38(28-11-7-10-23-9-6-8-22(2)31(23)28)21-26(25)35-33(36-32)42-29-13-12-27(29)37(3)4/h5-11,24,27,29H,1,12-15,17-21H2,2-4H3/t24-,27-,29-/m0/s1. The molecule has 3 atom stereocenters. The molecule has 3 heterocycles. The third kappa shape index (κ3) is 5.16. The molecular weight excluding hydrogens is 526 g/mol. The zero-order chi connectivity index (χ0) is 29.4. The van der Waals surface area contributed by atoms with Gasteiger partial charge in [0.2, 0.25) is 5.91 Å². The fourth-order valence-corrected chi connectivity index (χ4v) is 6.73. The number of fused-ring (bicyclic) bond motifs is 2. The van der Waals surface area contributed by atoms with Crippen LogP contribution in [-0.4, -0.2) is 84.1 Å². The maximum Gasteiger partial charge on any atom is 0.319 e. The summed E-state index contributed by atoms with van der Waals surface area (Å²) in [6.07, 6.45) is 4.52. The molecule has 3 aromatic rings. The highest BCUT2D eigenvalue weighted by atomic mass is 16.5. The Morgan fingerprint density at radius 2 is 1.95 bits per heavy atom. The number of piperazine rings is 1. The number of carbonyl (C=O) groups is 1. The van der Waals surface area contributed by atoms with Crippen LogP contribution in [0, 0.1) is 18.3 Å². The number of aryl methyl sites for hydroxylation is 1. The van der Waals surface area contributed by atoms with Gasteiger partial charge in [-0.15, -0.1) is 0 Å². The van der Waals surface area contributed by atoms with Crippen LogP contribution in [-0.2, 0) is 17.8 Å². The van der Waals surface area contributed by atoms with Gasteiger partial charge in [0.15, 0.2) is 0 Å². The Labute approximate surface area is 248 Å². The number of amides is 1. The SMILES string of the molecule is C=CC(=O)N1CCN(c2nc(O[C@H]3CC[C@@H]3N(C)C)nc3c2CCN(c2cccc4cccc(C)c24)C3)C[C@@H]1CC#N. The van der Waals surface area contributed by atoms with E-state index in [4.69, 9.17) is 14.7 Å². The lowest BCUT2D eigenvalue weighted by Crippen LogP contribution is -2.55. The van der Waals surface area contributed by atoms with Crippen LogP contribution in [0.3, 0.4) is 0 Å². The van der Waals surface area contributed by atoms with Crippen LogP contribution in [0.15, 0.2) is 49.1 Å². The number of rotatable bonds is 7. The molecule has 9 nitrogen and oxygen atoms in total. The van der Waals surface area contributed by atoms with Crippen LogP contribution in [0.5, 0.6) is 6.01 Å². The molecule has 42 heavy (non-hydrogen) atoms. The summed E-state index contributed by atoms with van der Waals surface area (Å²) >= 11 is 0. The van der Waals surface area contributed by atoms with Gasteiger partial charge in [-0.2, -0.15) is 15.2 Å². The number of nitriles is 1. The summed E-state index contributed by atoms with van der Waals surface area (Å²) in [6.45, 7) is 9.01. The molecule has 0 N–H and O–H groups in total. The molecule has 0 radical (unpaired) electrons. The van der Waals surface area contributed by atoms with Gasteiger partial charge in [-0.25, -0.2) is 0 Å². The van der Waals surface area contributed by atoms with E-state index < -0.39 is 0 Å². The highest BCUT2D eigenvalue weighted by Crippen LogP contribution is 2.37. The summed E-state index contributed by atoms with van der Waals surface area (Å²) in [4.78, 5) is 31.2. The van der Waals surface area contributed by atoms with Crippen LogP contribution in [0.1, 0.15) is 36.1 Å². The van der Waals surface area contributed by atoms with E-state index in [0.717, 1.165) is 42.9 Å². The summed E-state index contributed by atoms with van der Waals surface area (Å²) in [5.74, 6) is 0.738. The normalized spacial score (nSPS) is 22.0. The van der Waals surface area contributed by atoms with Gasteiger partial charge in [0, 0.05) is 48.9 Å². The summed E-state index contributed by atoms with van der Waals surface area (Å²) in [7, 11) is 4.17. The number of ether oxygens (including phenoxy) is 1. The van der Waals surface area contributed by atoms with E-state index in [1.807, 2.05) is 0 Å². The first-order chi connectivity index (χ1) is 20.4. The summed E-state index contributed by atoms with van der Waals surface area (Å²) in [6, 6.07) is 15.8. The first-order valence-electron chi connectivity index (χ1n) is 14.9. The Morgan fingerprint density at radius 1 is 1.14 bits per heavy atom. The summed E-state index contributed by atoms with van der Waals surface area (Å²) in [5.41, 5.74) is 4.59. The minimum Gasteiger partial charge on any atom is -0.458 e. The Bertz CT molecular complexity index is 1540. The van der Waals surface area contributed by atoms with Gasteiger partial charge in [0.25, 0.3) is 0 Å². The van der Waals surface area contributed by atoms with E-state index in [9.17, 15) is 10.1 Å². The number of hydrogen-bond acceptors (Lipinski definition) is 8. The maximum absolute atomic E-state index is 12.5. The van der Waals surface area contributed by atoms with Crippen LogP contribution < -0.4 is 14.5 Å². The van der Waals surface area contributed by atoms with Crippen molar-refractivity contribution in [3.05, 3.63) is 65.9 Å². The lowest BCUT2D eigenvalue weighted by Gasteiger charge is -2.43. The summed E-state index contributed by atoms with van der Waals surface area (Å²) < 4.78 is 6.46. The zero-order valence-electron chi connectivity index (χ0n) is 24.8. The highest BCUT2D eigenvalue weighted by molar-refractivity contribution is 5.97. The Hall–Kier alpha value is -4.16. The Balaban J connectivity index is 1.36. The number of likely N-dealkylation sites (N-methyl/N-ethyl adjacent to an activating group) is 1. The van der Waals surface area contributed by atoms with Gasteiger partial charge >= 0.3 is 6.01 Å².